The molecule has 0 bridgehead atoms. The Hall–Kier alpha value is 1.19. The van der Waals surface area contributed by atoms with Gasteiger partial charge < -0.3 is 11.5 Å². The van der Waals surface area contributed by atoms with Gasteiger partial charge in [-0.25, -0.2) is 0 Å². The fourth-order valence-corrected chi connectivity index (χ4v) is 0. The molecule has 0 spiro atoms. The molecule has 0 aliphatic rings. The molecule has 2 nitrogen and oxygen atoms in total. The van der Waals surface area contributed by atoms with Gasteiger partial charge in [0.15, 0.2) is 0 Å². The molecule has 0 unspecified atom stereocenters. The van der Waals surface area contributed by atoms with Crippen LogP contribution in [0.3, 0.4) is 0 Å². The van der Waals surface area contributed by atoms with Crippen molar-refractivity contribution in [3.63, 3.8) is 0 Å². The van der Waals surface area contributed by atoms with Crippen LogP contribution in [0.4, 0.5) is 0 Å². The third-order valence-corrected chi connectivity index (χ3v) is 0.1000. The van der Waals surface area contributed by atoms with Gasteiger partial charge in [-0.1, -0.05) is 0 Å². The van der Waals surface area contributed by atoms with Crippen LogP contribution in [0.2, 0.25) is 0 Å². The summed E-state index contributed by atoms with van der Waals surface area (Å²) in [7, 11) is 9.75. The first-order valence-corrected chi connectivity index (χ1v) is 7.00. The van der Waals surface area contributed by atoms with Crippen LogP contribution in [0, 0.1) is 0 Å². The Kier molecular flexibility index (Phi) is 24.8. The molecule has 0 saturated heterocycles. The average Bonchev–Trinajstić information content (AvgIpc) is 1.69. The summed E-state index contributed by atoms with van der Waals surface area (Å²) in [6.07, 6.45) is 0. The van der Waals surface area contributed by atoms with E-state index in [1.165, 1.54) is 0 Å². The first kappa shape index (κ1) is 11.0. The number of hydrogen-bond donors (Lipinski definition) is 0. The topological polar surface area (TPSA) is 44.6 Å². The van der Waals surface area contributed by atoms with Crippen molar-refractivity contribution in [2.24, 2.45) is 0 Å². The number of nitrogens with zero attached hydrogens (tertiary/aromatic N) is 2. The molecule has 0 heterocycles. The predicted molar refractivity (Wildman–Crippen MR) is 28.2 cm³/mol. The van der Waals surface area contributed by atoms with Gasteiger partial charge in [-0.3, -0.25) is 0 Å². The van der Waals surface area contributed by atoms with Crippen LogP contribution in [-0.4, -0.2) is 13.1 Å². The van der Waals surface area contributed by atoms with Crippen molar-refractivity contribution >= 4 is 18.8 Å². The first-order valence-electron chi connectivity index (χ1n) is 1.37. The van der Waals surface area contributed by atoms with E-state index in [1.54, 1.807) is 0 Å². The molecule has 46 valence electrons. The maximum absolute atomic E-state index is 7.62. The zero-order valence-corrected chi connectivity index (χ0v) is 7.16. The molecule has 0 amide bonds. The molecule has 2 radical (unpaired) electrons. The van der Waals surface area contributed by atoms with Crippen molar-refractivity contribution in [2.45, 2.75) is 0 Å². The Balaban J connectivity index is 0. The second-order valence-electron chi connectivity index (χ2n) is 0.492. The van der Waals surface area contributed by atoms with Crippen LogP contribution in [0.25, 0.3) is 11.5 Å². The molecular formula is C2H4Cl2N2Pt. The van der Waals surface area contributed by atoms with Crippen LogP contribution >= 0.6 is 18.8 Å². The summed E-state index contributed by atoms with van der Waals surface area (Å²) in [6.45, 7) is -0.250. The minimum atomic E-state index is -0.472. The fraction of sp³-hybridized carbons (Fsp3) is 1.00. The van der Waals surface area contributed by atoms with Crippen molar-refractivity contribution in [1.29, 1.82) is 0 Å². The molecule has 5 heteroatoms. The summed E-state index contributed by atoms with van der Waals surface area (Å²) in [5, 5.41) is 0. The zero-order valence-electron chi connectivity index (χ0n) is 3.38. The van der Waals surface area contributed by atoms with Crippen molar-refractivity contribution in [1.82, 2.24) is 0 Å². The summed E-state index contributed by atoms with van der Waals surface area (Å²) in [5.74, 6) is 0. The Labute approximate surface area is 59.9 Å². The minimum Gasteiger partial charge on any atom is -0.810 e. The van der Waals surface area contributed by atoms with E-state index in [4.69, 9.17) is 30.3 Å². The second kappa shape index (κ2) is 15.7. The van der Waals surface area contributed by atoms with E-state index in [-0.39, 0.29) is 13.1 Å². The molecular weight excluding hydrogens is 318 g/mol. The molecule has 0 aliphatic heterocycles. The van der Waals surface area contributed by atoms with E-state index >= 15 is 0 Å². The molecule has 0 N–H and O–H groups in total. The second-order valence-corrected chi connectivity index (χ2v) is 3.78. The molecule has 0 rings (SSSR count). The molecule has 0 atom stereocenters. The summed E-state index contributed by atoms with van der Waals surface area (Å²) in [6, 6.07) is 0. The van der Waals surface area contributed by atoms with E-state index in [9.17, 15) is 0 Å². The monoisotopic (exact) mass is 321 g/mol. The van der Waals surface area contributed by atoms with E-state index < -0.39 is 16.5 Å². The zero-order chi connectivity index (χ0) is 6.12. The molecule has 0 saturated carbocycles. The SMILES string of the molecule is [Cl][Pt+2][Cl].[N-]CC[N-]. The minimum absolute atomic E-state index is 0.125. The van der Waals surface area contributed by atoms with Crippen molar-refractivity contribution in [2.75, 3.05) is 13.1 Å². The number of hydrogen-bond acceptors (Lipinski definition) is 0. The standard InChI is InChI=1S/C2H4N2.2ClH.Pt/c3-1-2-4;;;/h1-2H2;2*1H;/q-2;;;+4/p-2. The number of rotatable bonds is 1. The molecule has 0 aromatic heterocycles. The summed E-state index contributed by atoms with van der Waals surface area (Å²) in [4.78, 5) is 0. The Bertz CT molecular complexity index is 21.2. The van der Waals surface area contributed by atoms with Gasteiger partial charge in [0.1, 0.15) is 0 Å². The van der Waals surface area contributed by atoms with Crippen LogP contribution in [0.15, 0.2) is 0 Å². The summed E-state index contributed by atoms with van der Waals surface area (Å²) in [5.41, 5.74) is 15.2. The predicted octanol–water partition coefficient (Wildman–Crippen LogP) is 2.04. The third-order valence-electron chi connectivity index (χ3n) is 0.1000. The van der Waals surface area contributed by atoms with Crippen LogP contribution in [0.5, 0.6) is 0 Å². The molecule has 0 aromatic carbocycles. The van der Waals surface area contributed by atoms with E-state index in [0.717, 1.165) is 0 Å². The summed E-state index contributed by atoms with van der Waals surface area (Å²) >= 11 is -0.472. The van der Waals surface area contributed by atoms with Gasteiger partial charge in [0, 0.05) is 0 Å². The largest absolute Gasteiger partial charge is 0.810 e. The molecule has 7 heavy (non-hydrogen) atoms. The van der Waals surface area contributed by atoms with Crippen molar-refractivity contribution < 1.29 is 16.5 Å². The fourth-order valence-electron chi connectivity index (χ4n) is 0. The Morgan fingerprint density at radius 3 is 1.29 bits per heavy atom. The van der Waals surface area contributed by atoms with Crippen LogP contribution in [0.1, 0.15) is 0 Å². The van der Waals surface area contributed by atoms with Gasteiger partial charge in [-0.2, -0.15) is 13.1 Å². The summed E-state index contributed by atoms with van der Waals surface area (Å²) < 4.78 is 0. The van der Waals surface area contributed by atoms with Crippen molar-refractivity contribution in [3.05, 3.63) is 11.5 Å². The number of halogens is 2. The Morgan fingerprint density at radius 1 is 1.14 bits per heavy atom. The molecule has 0 aromatic rings. The maximum atomic E-state index is 7.62. The smallest absolute Gasteiger partial charge is 0.188 e. The van der Waals surface area contributed by atoms with E-state index in [0.29, 0.717) is 0 Å². The maximum Gasteiger partial charge on any atom is -0.188 e. The van der Waals surface area contributed by atoms with Crippen LogP contribution in [-0.2, 0) is 16.5 Å². The van der Waals surface area contributed by atoms with Gasteiger partial charge in [0.25, 0.3) is 0 Å². The van der Waals surface area contributed by atoms with Crippen LogP contribution < -0.4 is 0 Å². The quantitative estimate of drug-likeness (QED) is 0.709. The Morgan fingerprint density at radius 2 is 1.29 bits per heavy atom. The van der Waals surface area contributed by atoms with Crippen molar-refractivity contribution in [3.8, 4) is 0 Å². The first-order chi connectivity index (χ1) is 3.33. The van der Waals surface area contributed by atoms with E-state index in [1.807, 2.05) is 0 Å². The average molecular weight is 322 g/mol. The van der Waals surface area contributed by atoms with Gasteiger partial charge in [0.2, 0.25) is 0 Å². The van der Waals surface area contributed by atoms with E-state index in [2.05, 4.69) is 0 Å². The third kappa shape index (κ3) is 40.4. The molecule has 0 fully saturated rings. The molecule has 0 aliphatic carbocycles. The van der Waals surface area contributed by atoms with Gasteiger partial charge in [-0.15, -0.1) is 0 Å². The normalized spacial score (nSPS) is 7.43. The van der Waals surface area contributed by atoms with Gasteiger partial charge in [-0.05, 0) is 0 Å². The van der Waals surface area contributed by atoms with Gasteiger partial charge in [0.05, 0.1) is 0 Å². The van der Waals surface area contributed by atoms with Gasteiger partial charge >= 0.3 is 35.3 Å².